The lowest BCUT2D eigenvalue weighted by Gasteiger charge is -2.27. The Bertz CT molecular complexity index is 1190. The number of benzene rings is 3. The van der Waals surface area contributed by atoms with E-state index in [2.05, 4.69) is 5.32 Å². The quantitative estimate of drug-likeness (QED) is 0.359. The highest BCUT2D eigenvalue weighted by atomic mass is 32.2. The van der Waals surface area contributed by atoms with Gasteiger partial charge in [0.1, 0.15) is 19.2 Å². The van der Waals surface area contributed by atoms with Crippen LogP contribution in [0.25, 0.3) is 0 Å². The number of thioether (sulfide) groups is 1. The molecule has 2 N–H and O–H groups in total. The molecule has 0 saturated carbocycles. The number of carbonyl (C=O) groups excluding carboxylic acids is 2. The number of nitrogens with one attached hydrogen (secondary N) is 1. The second-order valence-electron chi connectivity index (χ2n) is 9.23. The van der Waals surface area contributed by atoms with E-state index in [0.717, 1.165) is 16.7 Å². The Kier molecular flexibility index (Phi) is 9.95. The average molecular weight is 533 g/mol. The molecule has 0 bridgehead atoms. The molecule has 0 aliphatic carbocycles. The number of carboxylic acid groups (broad SMARTS) is 1. The second-order valence-corrected chi connectivity index (χ2v) is 10.5. The van der Waals surface area contributed by atoms with E-state index in [-0.39, 0.29) is 24.3 Å². The highest BCUT2D eigenvalue weighted by molar-refractivity contribution is 7.99. The summed E-state index contributed by atoms with van der Waals surface area (Å²) in [6.45, 7) is 0.0247. The van der Waals surface area contributed by atoms with E-state index in [1.165, 1.54) is 4.90 Å². The van der Waals surface area contributed by atoms with E-state index >= 15 is 0 Å². The number of carboxylic acids is 1. The molecule has 0 aromatic heterocycles. The van der Waals surface area contributed by atoms with Gasteiger partial charge in [0.2, 0.25) is 5.91 Å². The first-order chi connectivity index (χ1) is 18.5. The summed E-state index contributed by atoms with van der Waals surface area (Å²) in [7, 11) is 0. The molecular weight excluding hydrogens is 500 g/mol. The maximum Gasteiger partial charge on any atom is 0.323 e. The average Bonchev–Trinajstić information content (AvgIpc) is 3.09. The molecule has 1 fully saturated rings. The van der Waals surface area contributed by atoms with Gasteiger partial charge in [0.25, 0.3) is 0 Å². The van der Waals surface area contributed by atoms with Crippen LogP contribution in [0.3, 0.4) is 0 Å². The monoisotopic (exact) mass is 532 g/mol. The third kappa shape index (κ3) is 7.94. The fraction of sp³-hybridized carbons (Fsp3) is 0.300. The van der Waals surface area contributed by atoms with Crippen LogP contribution in [0.4, 0.5) is 0 Å². The standard InChI is InChI=1S/C30H32N2O5S/c33-28(34)19-32-18-27(24-14-8-3-9-15-24)38-21-26(29(32)35)31-25(17-16-22-10-4-1-5-11-22)30(36)37-20-23-12-6-2-7-13-23/h1-15,25-27,31H,16-21H2,(H,33,34). The summed E-state index contributed by atoms with van der Waals surface area (Å²) in [6, 6.07) is 27.6. The normalized spacial score (nSPS) is 18.4. The van der Waals surface area contributed by atoms with E-state index in [1.54, 1.807) is 11.8 Å². The second kappa shape index (κ2) is 13.8. The molecule has 38 heavy (non-hydrogen) atoms. The molecule has 8 heteroatoms. The minimum Gasteiger partial charge on any atom is -0.480 e. The minimum atomic E-state index is -1.07. The molecule has 0 radical (unpaired) electrons. The number of hydrogen-bond acceptors (Lipinski definition) is 6. The molecule has 1 amide bonds. The van der Waals surface area contributed by atoms with Crippen LogP contribution in [0, 0.1) is 0 Å². The van der Waals surface area contributed by atoms with Gasteiger partial charge < -0.3 is 14.7 Å². The molecule has 1 heterocycles. The lowest BCUT2D eigenvalue weighted by Crippen LogP contribution is -2.53. The van der Waals surface area contributed by atoms with Crippen molar-refractivity contribution in [1.29, 1.82) is 0 Å². The number of nitrogens with zero attached hydrogens (tertiary/aromatic N) is 1. The molecule has 0 spiro atoms. The van der Waals surface area contributed by atoms with Crippen molar-refractivity contribution in [2.24, 2.45) is 0 Å². The van der Waals surface area contributed by atoms with Gasteiger partial charge in [-0.15, -0.1) is 11.8 Å². The van der Waals surface area contributed by atoms with Crippen molar-refractivity contribution in [1.82, 2.24) is 10.2 Å². The number of amides is 1. The Balaban J connectivity index is 1.51. The molecule has 3 unspecified atom stereocenters. The zero-order valence-electron chi connectivity index (χ0n) is 21.1. The highest BCUT2D eigenvalue weighted by Gasteiger charge is 2.35. The molecule has 4 rings (SSSR count). The third-order valence-corrected chi connectivity index (χ3v) is 7.78. The molecule has 1 saturated heterocycles. The summed E-state index contributed by atoms with van der Waals surface area (Å²) in [5.74, 6) is -1.42. The first-order valence-corrected chi connectivity index (χ1v) is 13.7. The Morgan fingerprint density at radius 1 is 0.947 bits per heavy atom. The van der Waals surface area contributed by atoms with Gasteiger partial charge in [-0.2, -0.15) is 0 Å². The summed E-state index contributed by atoms with van der Waals surface area (Å²) < 4.78 is 5.64. The van der Waals surface area contributed by atoms with Crippen molar-refractivity contribution in [3.05, 3.63) is 108 Å². The highest BCUT2D eigenvalue weighted by Crippen LogP contribution is 2.33. The molecule has 3 aromatic carbocycles. The molecule has 3 aromatic rings. The van der Waals surface area contributed by atoms with Crippen LogP contribution >= 0.6 is 11.8 Å². The van der Waals surface area contributed by atoms with E-state index in [0.29, 0.717) is 18.6 Å². The van der Waals surface area contributed by atoms with Crippen LogP contribution in [0.2, 0.25) is 0 Å². The Morgan fingerprint density at radius 2 is 1.55 bits per heavy atom. The lowest BCUT2D eigenvalue weighted by atomic mass is 10.0. The number of aryl methyl sites for hydroxylation is 1. The summed E-state index contributed by atoms with van der Waals surface area (Å²) in [5, 5.41) is 12.7. The summed E-state index contributed by atoms with van der Waals surface area (Å²) in [4.78, 5) is 39.7. The SMILES string of the molecule is O=C(O)CN1CC(c2ccccc2)SCC(NC(CCc2ccccc2)C(=O)OCc2ccccc2)C1=O. The number of hydrogen-bond donors (Lipinski definition) is 2. The first kappa shape index (κ1) is 27.4. The number of carbonyl (C=O) groups is 3. The van der Waals surface area contributed by atoms with E-state index in [1.807, 2.05) is 91.0 Å². The van der Waals surface area contributed by atoms with Gasteiger partial charge in [-0.25, -0.2) is 0 Å². The zero-order chi connectivity index (χ0) is 26.7. The Morgan fingerprint density at radius 3 is 2.18 bits per heavy atom. The van der Waals surface area contributed by atoms with Gasteiger partial charge in [0.05, 0.1) is 6.04 Å². The maximum atomic E-state index is 13.5. The fourth-order valence-corrected chi connectivity index (χ4v) is 5.74. The van der Waals surface area contributed by atoms with Crippen molar-refractivity contribution in [2.75, 3.05) is 18.8 Å². The fourth-order valence-electron chi connectivity index (χ4n) is 4.44. The van der Waals surface area contributed by atoms with Gasteiger partial charge in [-0.1, -0.05) is 91.0 Å². The Labute approximate surface area is 227 Å². The topological polar surface area (TPSA) is 95.9 Å². The minimum absolute atomic E-state index is 0.0703. The van der Waals surface area contributed by atoms with Gasteiger partial charge in [0, 0.05) is 17.5 Å². The van der Waals surface area contributed by atoms with Crippen LogP contribution in [0.15, 0.2) is 91.0 Å². The van der Waals surface area contributed by atoms with Gasteiger partial charge in [-0.05, 0) is 29.5 Å². The number of rotatable bonds is 11. The number of ether oxygens (including phenoxy) is 1. The zero-order valence-corrected chi connectivity index (χ0v) is 21.9. The first-order valence-electron chi connectivity index (χ1n) is 12.7. The van der Waals surface area contributed by atoms with Crippen molar-refractivity contribution in [3.8, 4) is 0 Å². The smallest absolute Gasteiger partial charge is 0.323 e. The molecule has 1 aliphatic rings. The van der Waals surface area contributed by atoms with Crippen LogP contribution in [-0.2, 0) is 32.1 Å². The largest absolute Gasteiger partial charge is 0.480 e. The maximum absolute atomic E-state index is 13.5. The van der Waals surface area contributed by atoms with E-state index in [9.17, 15) is 19.5 Å². The summed E-state index contributed by atoms with van der Waals surface area (Å²) in [5.41, 5.74) is 2.99. The number of esters is 1. The molecule has 198 valence electrons. The molecule has 1 aliphatic heterocycles. The van der Waals surface area contributed by atoms with Crippen molar-refractivity contribution in [3.63, 3.8) is 0 Å². The van der Waals surface area contributed by atoms with Crippen molar-refractivity contribution >= 4 is 29.6 Å². The van der Waals surface area contributed by atoms with E-state index < -0.39 is 30.6 Å². The lowest BCUT2D eigenvalue weighted by molar-refractivity contribution is -0.149. The van der Waals surface area contributed by atoms with Crippen LogP contribution in [0.5, 0.6) is 0 Å². The molecular formula is C30H32N2O5S. The van der Waals surface area contributed by atoms with Crippen molar-refractivity contribution in [2.45, 2.75) is 36.8 Å². The van der Waals surface area contributed by atoms with Crippen molar-refractivity contribution < 1.29 is 24.2 Å². The van der Waals surface area contributed by atoms with Gasteiger partial charge in [-0.3, -0.25) is 19.7 Å². The third-order valence-electron chi connectivity index (χ3n) is 6.43. The molecule has 3 atom stereocenters. The summed E-state index contributed by atoms with van der Waals surface area (Å²) in [6.07, 6.45) is 1.06. The Hall–Kier alpha value is -3.62. The van der Waals surface area contributed by atoms with Crippen LogP contribution in [-0.4, -0.2) is 58.8 Å². The van der Waals surface area contributed by atoms with Crippen LogP contribution < -0.4 is 5.32 Å². The summed E-state index contributed by atoms with van der Waals surface area (Å²) >= 11 is 1.59. The van der Waals surface area contributed by atoms with E-state index in [4.69, 9.17) is 4.74 Å². The predicted molar refractivity (Wildman–Crippen MR) is 148 cm³/mol. The van der Waals surface area contributed by atoms with Gasteiger partial charge >= 0.3 is 11.9 Å². The van der Waals surface area contributed by atoms with Crippen LogP contribution in [0.1, 0.15) is 28.4 Å². The molecule has 7 nitrogen and oxygen atoms in total. The number of aliphatic carboxylic acids is 1. The predicted octanol–water partition coefficient (Wildman–Crippen LogP) is 4.09. The van der Waals surface area contributed by atoms with Gasteiger partial charge in [0.15, 0.2) is 0 Å².